The third kappa shape index (κ3) is 3.79. The van der Waals surface area contributed by atoms with Gasteiger partial charge in [0.25, 0.3) is 0 Å². The molecule has 1 fully saturated rings. The third-order valence-corrected chi connectivity index (χ3v) is 5.17. The van der Waals surface area contributed by atoms with Gasteiger partial charge in [-0.1, -0.05) is 22.4 Å². The standard InChI is InChI=1S/C17H25BrN2O/c1-20-8-3-2-4-16(20)5-7-19-12-14-11-15(18)10-13-6-9-21-17(13)14/h10-11,16,19H,2-9,12H2,1H3. The van der Waals surface area contributed by atoms with E-state index in [-0.39, 0.29) is 0 Å². The smallest absolute Gasteiger partial charge is 0.127 e. The Kier molecular flexibility index (Phi) is 5.19. The van der Waals surface area contributed by atoms with E-state index in [0.717, 1.165) is 42.4 Å². The number of benzene rings is 1. The second-order valence-electron chi connectivity index (χ2n) is 6.25. The first kappa shape index (κ1) is 15.3. The van der Waals surface area contributed by atoms with E-state index >= 15 is 0 Å². The minimum Gasteiger partial charge on any atom is -0.493 e. The van der Waals surface area contributed by atoms with Gasteiger partial charge < -0.3 is 15.0 Å². The highest BCUT2D eigenvalue weighted by Gasteiger charge is 2.19. The van der Waals surface area contributed by atoms with Gasteiger partial charge in [0.2, 0.25) is 0 Å². The van der Waals surface area contributed by atoms with Gasteiger partial charge in [-0.2, -0.15) is 0 Å². The number of hydrogen-bond donors (Lipinski definition) is 1. The monoisotopic (exact) mass is 352 g/mol. The van der Waals surface area contributed by atoms with Crippen LogP contribution in [0, 0.1) is 0 Å². The van der Waals surface area contributed by atoms with Gasteiger partial charge in [0.1, 0.15) is 5.75 Å². The van der Waals surface area contributed by atoms with Gasteiger partial charge in [0, 0.05) is 29.0 Å². The summed E-state index contributed by atoms with van der Waals surface area (Å²) in [6.45, 7) is 4.07. The molecule has 1 saturated heterocycles. The summed E-state index contributed by atoms with van der Waals surface area (Å²) in [5.74, 6) is 1.11. The van der Waals surface area contributed by atoms with E-state index in [0.29, 0.717) is 0 Å². The number of likely N-dealkylation sites (tertiary alicyclic amines) is 1. The molecule has 0 amide bonds. The van der Waals surface area contributed by atoms with Gasteiger partial charge in [-0.3, -0.25) is 0 Å². The molecule has 21 heavy (non-hydrogen) atoms. The average Bonchev–Trinajstić information content (AvgIpc) is 2.93. The Morgan fingerprint density at radius 2 is 2.29 bits per heavy atom. The van der Waals surface area contributed by atoms with Crippen LogP contribution in [0.15, 0.2) is 16.6 Å². The maximum absolute atomic E-state index is 5.78. The van der Waals surface area contributed by atoms with Crippen molar-refractivity contribution in [2.24, 2.45) is 0 Å². The fourth-order valence-corrected chi connectivity index (χ4v) is 4.03. The number of halogens is 1. The van der Waals surface area contributed by atoms with E-state index in [1.54, 1.807) is 0 Å². The molecule has 3 rings (SSSR count). The van der Waals surface area contributed by atoms with Crippen LogP contribution in [0.5, 0.6) is 5.75 Å². The normalized spacial score (nSPS) is 22.1. The van der Waals surface area contributed by atoms with E-state index in [1.807, 2.05) is 0 Å². The lowest BCUT2D eigenvalue weighted by Gasteiger charge is -2.32. The summed E-state index contributed by atoms with van der Waals surface area (Å²) in [4.78, 5) is 2.52. The molecule has 0 radical (unpaired) electrons. The average molecular weight is 353 g/mol. The summed E-state index contributed by atoms with van der Waals surface area (Å²) in [7, 11) is 2.26. The molecular weight excluding hydrogens is 328 g/mol. The molecule has 4 heteroatoms. The van der Waals surface area contributed by atoms with Crippen LogP contribution in [-0.4, -0.2) is 37.7 Å². The molecule has 0 saturated carbocycles. The molecule has 1 N–H and O–H groups in total. The number of nitrogens with one attached hydrogen (secondary N) is 1. The third-order valence-electron chi connectivity index (χ3n) is 4.72. The zero-order valence-corrected chi connectivity index (χ0v) is 14.4. The van der Waals surface area contributed by atoms with Crippen LogP contribution in [0.4, 0.5) is 0 Å². The van der Waals surface area contributed by atoms with E-state index < -0.39 is 0 Å². The van der Waals surface area contributed by atoms with Gasteiger partial charge in [0.05, 0.1) is 6.61 Å². The molecular formula is C17H25BrN2O. The van der Waals surface area contributed by atoms with Crippen LogP contribution in [0.2, 0.25) is 0 Å². The van der Waals surface area contributed by atoms with Crippen molar-refractivity contribution >= 4 is 15.9 Å². The Morgan fingerprint density at radius 1 is 1.38 bits per heavy atom. The van der Waals surface area contributed by atoms with Crippen molar-refractivity contribution in [1.82, 2.24) is 10.2 Å². The van der Waals surface area contributed by atoms with Crippen molar-refractivity contribution in [1.29, 1.82) is 0 Å². The van der Waals surface area contributed by atoms with Gasteiger partial charge in [-0.05, 0) is 57.1 Å². The maximum atomic E-state index is 5.78. The van der Waals surface area contributed by atoms with Crippen molar-refractivity contribution in [2.45, 2.75) is 44.7 Å². The lowest BCUT2D eigenvalue weighted by Crippen LogP contribution is -2.38. The molecule has 0 aromatic heterocycles. The Hall–Kier alpha value is -0.580. The van der Waals surface area contributed by atoms with Crippen LogP contribution in [0.25, 0.3) is 0 Å². The predicted molar refractivity (Wildman–Crippen MR) is 89.9 cm³/mol. The van der Waals surface area contributed by atoms with E-state index in [2.05, 4.69) is 45.3 Å². The van der Waals surface area contributed by atoms with Crippen molar-refractivity contribution < 1.29 is 4.74 Å². The fraction of sp³-hybridized carbons (Fsp3) is 0.647. The van der Waals surface area contributed by atoms with Crippen LogP contribution >= 0.6 is 15.9 Å². The Morgan fingerprint density at radius 3 is 3.14 bits per heavy atom. The zero-order valence-electron chi connectivity index (χ0n) is 12.8. The van der Waals surface area contributed by atoms with E-state index in [9.17, 15) is 0 Å². The number of rotatable bonds is 5. The molecule has 1 unspecified atom stereocenters. The van der Waals surface area contributed by atoms with E-state index in [1.165, 1.54) is 43.4 Å². The van der Waals surface area contributed by atoms with Crippen molar-refractivity contribution in [3.05, 3.63) is 27.7 Å². The minimum atomic E-state index is 0.760. The lowest BCUT2D eigenvalue weighted by molar-refractivity contribution is 0.175. The second kappa shape index (κ2) is 7.12. The fourth-order valence-electron chi connectivity index (χ4n) is 3.48. The minimum absolute atomic E-state index is 0.760. The summed E-state index contributed by atoms with van der Waals surface area (Å²) >= 11 is 3.61. The molecule has 116 valence electrons. The molecule has 3 nitrogen and oxygen atoms in total. The zero-order chi connectivity index (χ0) is 14.7. The highest BCUT2D eigenvalue weighted by Crippen LogP contribution is 2.32. The first-order valence-corrected chi connectivity index (χ1v) is 8.88. The number of nitrogens with zero attached hydrogens (tertiary/aromatic N) is 1. The molecule has 2 aliphatic rings. The second-order valence-corrected chi connectivity index (χ2v) is 7.16. The first-order valence-electron chi connectivity index (χ1n) is 8.09. The molecule has 0 aliphatic carbocycles. The number of piperidine rings is 1. The molecule has 2 heterocycles. The van der Waals surface area contributed by atoms with Crippen molar-refractivity contribution in [3.8, 4) is 5.75 Å². The SMILES string of the molecule is CN1CCCCC1CCNCc1cc(Br)cc2c1OCC2. The number of fused-ring (bicyclic) bond motifs is 1. The predicted octanol–water partition coefficient (Wildman–Crippen LogP) is 3.35. The quantitative estimate of drug-likeness (QED) is 0.822. The molecule has 1 atom stereocenters. The van der Waals surface area contributed by atoms with Crippen LogP contribution in [0.1, 0.15) is 36.8 Å². The number of hydrogen-bond acceptors (Lipinski definition) is 3. The summed E-state index contributed by atoms with van der Waals surface area (Å²) in [5, 5.41) is 3.60. The van der Waals surface area contributed by atoms with Gasteiger partial charge in [-0.25, -0.2) is 0 Å². The summed E-state index contributed by atoms with van der Waals surface area (Å²) in [6, 6.07) is 5.13. The molecule has 2 aliphatic heterocycles. The van der Waals surface area contributed by atoms with E-state index in [4.69, 9.17) is 4.74 Å². The van der Waals surface area contributed by atoms with Crippen LogP contribution in [-0.2, 0) is 13.0 Å². The molecule has 0 bridgehead atoms. The van der Waals surface area contributed by atoms with Gasteiger partial charge in [-0.15, -0.1) is 0 Å². The Balaban J connectivity index is 1.50. The summed E-state index contributed by atoms with van der Waals surface area (Å²) in [6.07, 6.45) is 6.39. The largest absolute Gasteiger partial charge is 0.493 e. The topological polar surface area (TPSA) is 24.5 Å². The van der Waals surface area contributed by atoms with Crippen LogP contribution in [0.3, 0.4) is 0 Å². The van der Waals surface area contributed by atoms with Crippen LogP contribution < -0.4 is 10.1 Å². The maximum Gasteiger partial charge on any atom is 0.127 e. The first-order chi connectivity index (χ1) is 10.2. The van der Waals surface area contributed by atoms with Crippen molar-refractivity contribution in [2.75, 3.05) is 26.7 Å². The summed E-state index contributed by atoms with van der Waals surface area (Å²) in [5.41, 5.74) is 2.63. The molecule has 1 aromatic rings. The lowest BCUT2D eigenvalue weighted by atomic mass is 10.00. The Bertz CT molecular complexity index is 492. The van der Waals surface area contributed by atoms with Crippen molar-refractivity contribution in [3.63, 3.8) is 0 Å². The summed E-state index contributed by atoms with van der Waals surface area (Å²) < 4.78 is 6.94. The van der Waals surface area contributed by atoms with Gasteiger partial charge in [0.15, 0.2) is 0 Å². The van der Waals surface area contributed by atoms with Gasteiger partial charge >= 0.3 is 0 Å². The highest BCUT2D eigenvalue weighted by atomic mass is 79.9. The Labute approximate surface area is 136 Å². The highest BCUT2D eigenvalue weighted by molar-refractivity contribution is 9.10. The molecule has 0 spiro atoms. The molecule has 1 aromatic carbocycles. The number of ether oxygens (including phenoxy) is 1.